The van der Waals surface area contributed by atoms with Crippen LogP contribution in [0.2, 0.25) is 0 Å². The van der Waals surface area contributed by atoms with Gasteiger partial charge in [0.1, 0.15) is 5.76 Å². The minimum atomic E-state index is -1.12. The summed E-state index contributed by atoms with van der Waals surface area (Å²) in [7, 11) is 5.56. The van der Waals surface area contributed by atoms with Crippen LogP contribution in [0.3, 0.4) is 0 Å². The average molecular weight is 269 g/mol. The number of nitrogens with one attached hydrogen (secondary N) is 1. The Kier molecular flexibility index (Phi) is 5.37. The molecule has 2 N–H and O–H groups in total. The molecule has 0 bridgehead atoms. The van der Waals surface area contributed by atoms with Crippen LogP contribution in [-0.4, -0.2) is 61.1 Å². The van der Waals surface area contributed by atoms with E-state index in [1.165, 1.54) is 12.1 Å². The second-order valence-electron chi connectivity index (χ2n) is 4.45. The van der Waals surface area contributed by atoms with E-state index in [2.05, 4.69) is 5.32 Å². The van der Waals surface area contributed by atoms with E-state index in [9.17, 15) is 9.59 Å². The third-order valence-corrected chi connectivity index (χ3v) is 2.52. The van der Waals surface area contributed by atoms with Crippen molar-refractivity contribution in [3.8, 4) is 0 Å². The number of likely N-dealkylation sites (N-methyl/N-ethyl adjacent to an activating group) is 2. The van der Waals surface area contributed by atoms with Crippen molar-refractivity contribution in [3.05, 3.63) is 23.7 Å². The Balaban J connectivity index is 2.38. The second kappa shape index (κ2) is 6.79. The number of amides is 2. The largest absolute Gasteiger partial charge is 0.475 e. The zero-order valence-corrected chi connectivity index (χ0v) is 11.3. The van der Waals surface area contributed by atoms with Gasteiger partial charge in [-0.2, -0.15) is 0 Å². The Labute approximate surface area is 111 Å². The molecule has 7 heteroatoms. The molecule has 0 atom stereocenters. The van der Waals surface area contributed by atoms with Crippen molar-refractivity contribution >= 4 is 12.0 Å². The first-order valence-corrected chi connectivity index (χ1v) is 5.86. The highest BCUT2D eigenvalue weighted by Crippen LogP contribution is 2.07. The number of nitrogens with zero attached hydrogens (tertiary/aromatic N) is 2. The van der Waals surface area contributed by atoms with E-state index in [4.69, 9.17) is 9.52 Å². The number of carbonyl (C=O) groups excluding carboxylic acids is 1. The fraction of sp³-hybridized carbons (Fsp3) is 0.500. The zero-order valence-electron chi connectivity index (χ0n) is 11.3. The van der Waals surface area contributed by atoms with Crippen LogP contribution < -0.4 is 5.32 Å². The van der Waals surface area contributed by atoms with E-state index in [-0.39, 0.29) is 18.3 Å². The molecule has 1 heterocycles. The molecule has 1 rings (SSSR count). The molecule has 106 valence electrons. The number of hydrogen-bond donors (Lipinski definition) is 2. The highest BCUT2D eigenvalue weighted by atomic mass is 16.4. The Morgan fingerprint density at radius 1 is 1.26 bits per heavy atom. The minimum Gasteiger partial charge on any atom is -0.475 e. The van der Waals surface area contributed by atoms with Crippen molar-refractivity contribution in [2.45, 2.75) is 6.54 Å². The van der Waals surface area contributed by atoms with Crippen LogP contribution in [0.1, 0.15) is 16.3 Å². The van der Waals surface area contributed by atoms with Gasteiger partial charge in [0, 0.05) is 20.1 Å². The minimum absolute atomic E-state index is 0.134. The number of urea groups is 1. The maximum Gasteiger partial charge on any atom is 0.371 e. The SMILES string of the molecule is CN(C)CCN(C)C(=O)NCc1ccc(C(=O)O)o1. The molecule has 0 aliphatic carbocycles. The van der Waals surface area contributed by atoms with E-state index in [0.29, 0.717) is 12.3 Å². The van der Waals surface area contributed by atoms with Crippen molar-refractivity contribution in [2.75, 3.05) is 34.2 Å². The zero-order chi connectivity index (χ0) is 14.4. The van der Waals surface area contributed by atoms with Gasteiger partial charge >= 0.3 is 12.0 Å². The van der Waals surface area contributed by atoms with Gasteiger partial charge in [-0.3, -0.25) is 0 Å². The lowest BCUT2D eigenvalue weighted by molar-refractivity contribution is 0.0660. The Morgan fingerprint density at radius 2 is 1.95 bits per heavy atom. The molecule has 0 radical (unpaired) electrons. The lowest BCUT2D eigenvalue weighted by Crippen LogP contribution is -2.40. The monoisotopic (exact) mass is 269 g/mol. The standard InChI is InChI=1S/C12H19N3O4/c1-14(2)6-7-15(3)12(18)13-8-9-4-5-10(19-9)11(16)17/h4-5H,6-8H2,1-3H3,(H,13,18)(H,16,17). The molecule has 7 nitrogen and oxygen atoms in total. The summed E-state index contributed by atoms with van der Waals surface area (Å²) in [6.45, 7) is 1.55. The summed E-state index contributed by atoms with van der Waals surface area (Å²) in [5.74, 6) is -0.849. The van der Waals surface area contributed by atoms with Gasteiger partial charge in [-0.25, -0.2) is 9.59 Å². The normalized spacial score (nSPS) is 10.5. The maximum absolute atomic E-state index is 11.7. The summed E-state index contributed by atoms with van der Waals surface area (Å²) >= 11 is 0. The molecular formula is C12H19N3O4. The number of carbonyl (C=O) groups is 2. The number of carboxylic acid groups (broad SMARTS) is 1. The summed E-state index contributed by atoms with van der Waals surface area (Å²) in [5.41, 5.74) is 0. The number of carboxylic acids is 1. The Morgan fingerprint density at radius 3 is 2.47 bits per heavy atom. The van der Waals surface area contributed by atoms with Crippen LogP contribution in [-0.2, 0) is 6.54 Å². The summed E-state index contributed by atoms with van der Waals surface area (Å²) in [5, 5.41) is 11.3. The van der Waals surface area contributed by atoms with E-state index in [1.54, 1.807) is 11.9 Å². The molecule has 2 amide bonds. The fourth-order valence-electron chi connectivity index (χ4n) is 1.34. The molecular weight excluding hydrogens is 250 g/mol. The van der Waals surface area contributed by atoms with Gasteiger partial charge in [-0.05, 0) is 26.2 Å². The lowest BCUT2D eigenvalue weighted by Gasteiger charge is -2.19. The van der Waals surface area contributed by atoms with Crippen molar-refractivity contribution in [2.24, 2.45) is 0 Å². The molecule has 0 saturated carbocycles. The molecule has 0 unspecified atom stereocenters. The molecule has 0 spiro atoms. The van der Waals surface area contributed by atoms with Crippen LogP contribution >= 0.6 is 0 Å². The number of furan rings is 1. The highest BCUT2D eigenvalue weighted by molar-refractivity contribution is 5.84. The van der Waals surface area contributed by atoms with Crippen molar-refractivity contribution < 1.29 is 19.1 Å². The smallest absolute Gasteiger partial charge is 0.371 e. The van der Waals surface area contributed by atoms with Gasteiger partial charge in [0.2, 0.25) is 5.76 Å². The predicted molar refractivity (Wildman–Crippen MR) is 69.1 cm³/mol. The number of hydrogen-bond acceptors (Lipinski definition) is 4. The number of aromatic carboxylic acids is 1. The van der Waals surface area contributed by atoms with E-state index >= 15 is 0 Å². The van der Waals surface area contributed by atoms with E-state index in [0.717, 1.165) is 6.54 Å². The lowest BCUT2D eigenvalue weighted by atomic mass is 10.4. The van der Waals surface area contributed by atoms with E-state index < -0.39 is 5.97 Å². The van der Waals surface area contributed by atoms with Gasteiger partial charge < -0.3 is 24.6 Å². The van der Waals surface area contributed by atoms with Crippen LogP contribution in [0.15, 0.2) is 16.5 Å². The maximum atomic E-state index is 11.7. The summed E-state index contributed by atoms with van der Waals surface area (Å²) in [6.07, 6.45) is 0. The van der Waals surface area contributed by atoms with Gasteiger partial charge in [0.05, 0.1) is 6.54 Å². The predicted octanol–water partition coefficient (Wildman–Crippen LogP) is 0.681. The third-order valence-electron chi connectivity index (χ3n) is 2.52. The second-order valence-corrected chi connectivity index (χ2v) is 4.45. The molecule has 1 aromatic heterocycles. The number of rotatable bonds is 6. The quantitative estimate of drug-likeness (QED) is 0.793. The Hall–Kier alpha value is -2.02. The first-order chi connectivity index (χ1) is 8.90. The van der Waals surface area contributed by atoms with Gasteiger partial charge in [0.25, 0.3) is 0 Å². The van der Waals surface area contributed by atoms with Crippen LogP contribution in [0.5, 0.6) is 0 Å². The first-order valence-electron chi connectivity index (χ1n) is 5.86. The van der Waals surface area contributed by atoms with Crippen molar-refractivity contribution in [1.82, 2.24) is 15.1 Å². The summed E-state index contributed by atoms with van der Waals surface area (Å²) in [4.78, 5) is 25.9. The van der Waals surface area contributed by atoms with Gasteiger partial charge in [0.15, 0.2) is 0 Å². The average Bonchev–Trinajstić information content (AvgIpc) is 2.81. The molecule has 0 aromatic carbocycles. The van der Waals surface area contributed by atoms with Crippen LogP contribution in [0.25, 0.3) is 0 Å². The molecule has 0 aliphatic heterocycles. The summed E-state index contributed by atoms with van der Waals surface area (Å²) < 4.78 is 5.03. The molecule has 1 aromatic rings. The first kappa shape index (κ1) is 15.0. The Bertz CT molecular complexity index is 442. The molecule has 0 aliphatic rings. The van der Waals surface area contributed by atoms with Crippen molar-refractivity contribution in [3.63, 3.8) is 0 Å². The molecule has 0 fully saturated rings. The topological polar surface area (TPSA) is 86.0 Å². The third kappa shape index (κ3) is 5.01. The fourth-order valence-corrected chi connectivity index (χ4v) is 1.34. The van der Waals surface area contributed by atoms with Crippen molar-refractivity contribution in [1.29, 1.82) is 0 Å². The molecule has 19 heavy (non-hydrogen) atoms. The van der Waals surface area contributed by atoms with Crippen LogP contribution in [0, 0.1) is 0 Å². The molecule has 0 saturated heterocycles. The highest BCUT2D eigenvalue weighted by Gasteiger charge is 2.11. The van der Waals surface area contributed by atoms with Gasteiger partial charge in [-0.1, -0.05) is 0 Å². The summed E-state index contributed by atoms with van der Waals surface area (Å²) in [6, 6.07) is 2.67. The van der Waals surface area contributed by atoms with E-state index in [1.807, 2.05) is 19.0 Å². The van der Waals surface area contributed by atoms with Crippen LogP contribution in [0.4, 0.5) is 4.79 Å². The van der Waals surface area contributed by atoms with Gasteiger partial charge in [-0.15, -0.1) is 0 Å².